The normalized spacial score (nSPS) is 10.5. The molecule has 0 aliphatic heterocycles. The quantitative estimate of drug-likeness (QED) is 0.766. The highest BCUT2D eigenvalue weighted by Gasteiger charge is 2.07. The number of para-hydroxylation sites is 2. The summed E-state index contributed by atoms with van der Waals surface area (Å²) in [4.78, 5) is 8.58. The molecule has 0 amide bonds. The van der Waals surface area contributed by atoms with E-state index in [1.165, 1.54) is 11.8 Å². The van der Waals surface area contributed by atoms with Gasteiger partial charge >= 0.3 is 0 Å². The molecule has 0 fully saturated rings. The molecule has 0 spiro atoms. The Morgan fingerprint density at radius 1 is 1.21 bits per heavy atom. The van der Waals surface area contributed by atoms with E-state index in [0.717, 1.165) is 21.1 Å². The summed E-state index contributed by atoms with van der Waals surface area (Å²) < 4.78 is 0. The van der Waals surface area contributed by atoms with Crippen molar-refractivity contribution in [1.82, 2.24) is 9.97 Å². The van der Waals surface area contributed by atoms with Gasteiger partial charge in [-0.3, -0.25) is 0 Å². The Balaban J connectivity index is 1.94. The molecule has 0 aliphatic carbocycles. The Labute approximate surface area is 119 Å². The fourth-order valence-electron chi connectivity index (χ4n) is 1.74. The van der Waals surface area contributed by atoms with Crippen LogP contribution in [-0.2, 0) is 0 Å². The van der Waals surface area contributed by atoms with Crippen LogP contribution in [0.5, 0.6) is 0 Å². The van der Waals surface area contributed by atoms with Crippen LogP contribution in [0.25, 0.3) is 11.0 Å². The fourth-order valence-corrected chi connectivity index (χ4v) is 2.84. The molecular formula is C14H8ClN3S. The minimum atomic E-state index is 0.555. The number of H-pyrrole nitrogens is 1. The summed E-state index contributed by atoms with van der Waals surface area (Å²) in [7, 11) is 0. The van der Waals surface area contributed by atoms with E-state index in [4.69, 9.17) is 16.9 Å². The Morgan fingerprint density at radius 2 is 2.05 bits per heavy atom. The molecule has 92 valence electrons. The average molecular weight is 286 g/mol. The van der Waals surface area contributed by atoms with Crippen LogP contribution in [0, 0.1) is 11.3 Å². The second-order valence-electron chi connectivity index (χ2n) is 3.92. The van der Waals surface area contributed by atoms with Gasteiger partial charge in [-0.05, 0) is 30.3 Å². The number of fused-ring (bicyclic) bond motifs is 1. The molecule has 0 unspecified atom stereocenters. The predicted molar refractivity (Wildman–Crippen MR) is 76.4 cm³/mol. The highest BCUT2D eigenvalue weighted by atomic mass is 35.5. The lowest BCUT2D eigenvalue weighted by Gasteiger charge is -2.01. The number of nitriles is 1. The Bertz CT molecular complexity index is 756. The minimum absolute atomic E-state index is 0.555. The molecule has 5 heteroatoms. The van der Waals surface area contributed by atoms with E-state index in [1.807, 2.05) is 30.3 Å². The third-order valence-electron chi connectivity index (χ3n) is 2.64. The Morgan fingerprint density at radius 3 is 2.79 bits per heavy atom. The zero-order chi connectivity index (χ0) is 13.2. The van der Waals surface area contributed by atoms with Gasteiger partial charge < -0.3 is 4.98 Å². The van der Waals surface area contributed by atoms with Gasteiger partial charge in [-0.15, -0.1) is 0 Å². The molecule has 0 bridgehead atoms. The van der Waals surface area contributed by atoms with E-state index in [9.17, 15) is 0 Å². The highest BCUT2D eigenvalue weighted by molar-refractivity contribution is 7.99. The second kappa shape index (κ2) is 4.96. The molecule has 1 heterocycles. The number of hydrogen-bond acceptors (Lipinski definition) is 3. The molecule has 3 rings (SSSR count). The molecule has 0 aliphatic rings. The van der Waals surface area contributed by atoms with Crippen LogP contribution in [0.1, 0.15) is 5.56 Å². The van der Waals surface area contributed by atoms with Gasteiger partial charge in [0.1, 0.15) is 0 Å². The molecule has 1 aromatic heterocycles. The van der Waals surface area contributed by atoms with Crippen molar-refractivity contribution in [3.05, 3.63) is 53.1 Å². The van der Waals surface area contributed by atoms with Crippen molar-refractivity contribution in [2.24, 2.45) is 0 Å². The maximum absolute atomic E-state index is 8.80. The molecule has 3 nitrogen and oxygen atoms in total. The standard InChI is InChI=1S/C14H8ClN3S/c15-10-7-9(8-16)5-6-13(10)19-14-17-11-3-1-2-4-12(11)18-14/h1-7H,(H,17,18). The van der Waals surface area contributed by atoms with Gasteiger partial charge in [-0.1, -0.05) is 35.5 Å². The van der Waals surface area contributed by atoms with Crippen molar-refractivity contribution >= 4 is 34.4 Å². The van der Waals surface area contributed by atoms with Gasteiger partial charge in [0.25, 0.3) is 0 Å². The SMILES string of the molecule is N#Cc1ccc(Sc2nc3ccccc3[nH]2)c(Cl)c1. The molecule has 0 radical (unpaired) electrons. The molecule has 1 N–H and O–H groups in total. The Hall–Kier alpha value is -1.96. The van der Waals surface area contributed by atoms with Gasteiger partial charge in [-0.25, -0.2) is 4.98 Å². The van der Waals surface area contributed by atoms with Crippen LogP contribution in [0.3, 0.4) is 0 Å². The van der Waals surface area contributed by atoms with Gasteiger partial charge in [0, 0.05) is 4.90 Å². The van der Waals surface area contributed by atoms with E-state index in [-0.39, 0.29) is 0 Å². The van der Waals surface area contributed by atoms with Crippen molar-refractivity contribution in [2.75, 3.05) is 0 Å². The molecule has 0 atom stereocenters. The van der Waals surface area contributed by atoms with Gasteiger partial charge in [0.05, 0.1) is 27.7 Å². The maximum atomic E-state index is 8.80. The lowest BCUT2D eigenvalue weighted by Crippen LogP contribution is -1.80. The van der Waals surface area contributed by atoms with Crippen LogP contribution < -0.4 is 0 Å². The molecule has 3 aromatic rings. The number of aromatic nitrogens is 2. The summed E-state index contributed by atoms with van der Waals surface area (Å²) in [6.45, 7) is 0. The number of hydrogen-bond donors (Lipinski definition) is 1. The topological polar surface area (TPSA) is 52.5 Å². The van der Waals surface area contributed by atoms with Crippen molar-refractivity contribution in [1.29, 1.82) is 5.26 Å². The lowest BCUT2D eigenvalue weighted by molar-refractivity contribution is 1.08. The molecule has 0 saturated carbocycles. The summed E-state index contributed by atoms with van der Waals surface area (Å²) >= 11 is 7.59. The van der Waals surface area contributed by atoms with Crippen molar-refractivity contribution in [3.8, 4) is 6.07 Å². The van der Waals surface area contributed by atoms with Crippen LogP contribution in [-0.4, -0.2) is 9.97 Å². The van der Waals surface area contributed by atoms with Crippen molar-refractivity contribution in [2.45, 2.75) is 10.1 Å². The zero-order valence-corrected chi connectivity index (χ0v) is 11.3. The number of benzene rings is 2. The fraction of sp³-hybridized carbons (Fsp3) is 0. The third kappa shape index (κ3) is 2.43. The molecule has 2 aromatic carbocycles. The first-order valence-electron chi connectivity index (χ1n) is 5.58. The number of imidazole rings is 1. The second-order valence-corrected chi connectivity index (χ2v) is 5.36. The number of aromatic amines is 1. The summed E-state index contributed by atoms with van der Waals surface area (Å²) in [5.41, 5.74) is 2.48. The van der Waals surface area contributed by atoms with E-state index in [2.05, 4.69) is 16.0 Å². The number of nitrogens with zero attached hydrogens (tertiary/aromatic N) is 2. The zero-order valence-electron chi connectivity index (χ0n) is 9.72. The summed E-state index contributed by atoms with van der Waals surface area (Å²) in [6, 6.07) is 15.1. The summed E-state index contributed by atoms with van der Waals surface area (Å²) in [6.07, 6.45) is 0. The van der Waals surface area contributed by atoms with Crippen LogP contribution in [0.2, 0.25) is 5.02 Å². The first kappa shape index (κ1) is 12.1. The van der Waals surface area contributed by atoms with Crippen LogP contribution >= 0.6 is 23.4 Å². The van der Waals surface area contributed by atoms with Crippen LogP contribution in [0.4, 0.5) is 0 Å². The number of nitrogens with one attached hydrogen (secondary N) is 1. The average Bonchev–Trinajstić information content (AvgIpc) is 2.83. The first-order chi connectivity index (χ1) is 9.26. The molecule has 19 heavy (non-hydrogen) atoms. The maximum Gasteiger partial charge on any atom is 0.171 e. The lowest BCUT2D eigenvalue weighted by atomic mass is 10.2. The first-order valence-corrected chi connectivity index (χ1v) is 6.78. The van der Waals surface area contributed by atoms with E-state index < -0.39 is 0 Å². The van der Waals surface area contributed by atoms with Gasteiger partial charge in [-0.2, -0.15) is 5.26 Å². The highest BCUT2D eigenvalue weighted by Crippen LogP contribution is 2.33. The molecular weight excluding hydrogens is 278 g/mol. The smallest absolute Gasteiger partial charge is 0.171 e. The summed E-state index contributed by atoms with van der Waals surface area (Å²) in [5.74, 6) is 0. The van der Waals surface area contributed by atoms with Gasteiger partial charge in [0.15, 0.2) is 5.16 Å². The monoisotopic (exact) mass is 285 g/mol. The van der Waals surface area contributed by atoms with E-state index in [1.54, 1.807) is 12.1 Å². The summed E-state index contributed by atoms with van der Waals surface area (Å²) in [5, 5.41) is 10.1. The molecule has 0 saturated heterocycles. The van der Waals surface area contributed by atoms with Crippen LogP contribution in [0.15, 0.2) is 52.5 Å². The van der Waals surface area contributed by atoms with Crippen molar-refractivity contribution in [3.63, 3.8) is 0 Å². The van der Waals surface area contributed by atoms with E-state index >= 15 is 0 Å². The van der Waals surface area contributed by atoms with Crippen molar-refractivity contribution < 1.29 is 0 Å². The third-order valence-corrected chi connectivity index (χ3v) is 4.02. The largest absolute Gasteiger partial charge is 0.333 e. The number of rotatable bonds is 2. The van der Waals surface area contributed by atoms with E-state index in [0.29, 0.717) is 10.6 Å². The number of halogens is 1. The Kier molecular flexibility index (Phi) is 3.16. The van der Waals surface area contributed by atoms with Gasteiger partial charge in [0.2, 0.25) is 0 Å². The predicted octanol–water partition coefficient (Wildman–Crippen LogP) is 4.24. The minimum Gasteiger partial charge on any atom is -0.333 e.